The minimum atomic E-state index is -1.50. The molecular formula is C24H21N7O9S. The second kappa shape index (κ2) is 10.7. The molecule has 0 spiro atoms. The Kier molecular flexibility index (Phi) is 7.10. The molecule has 0 radical (unpaired) electrons. The van der Waals surface area contributed by atoms with Crippen LogP contribution in [0.1, 0.15) is 17.7 Å². The lowest BCUT2D eigenvalue weighted by Crippen LogP contribution is -2.73. The summed E-state index contributed by atoms with van der Waals surface area (Å²) in [6.45, 7) is 0.0864. The highest BCUT2D eigenvalue weighted by molar-refractivity contribution is 7.13. The topological polar surface area (TPSA) is 240 Å². The summed E-state index contributed by atoms with van der Waals surface area (Å²) in [6, 6.07) is 3.42. The van der Waals surface area contributed by atoms with Gasteiger partial charge in [-0.3, -0.25) is 29.4 Å². The zero-order valence-electron chi connectivity index (χ0n) is 20.9. The first-order chi connectivity index (χ1) is 19.6. The first-order valence-electron chi connectivity index (χ1n) is 12.0. The maximum Gasteiger partial charge on any atom is 0.356 e. The number of nitro groups is 1. The summed E-state index contributed by atoms with van der Waals surface area (Å²) < 4.78 is 5.88. The molecule has 2 atom stereocenters. The van der Waals surface area contributed by atoms with Crippen molar-refractivity contribution in [2.75, 3.05) is 18.9 Å². The van der Waals surface area contributed by atoms with Crippen LogP contribution in [-0.4, -0.2) is 79.8 Å². The van der Waals surface area contributed by atoms with E-state index in [0.717, 1.165) is 16.2 Å². The van der Waals surface area contributed by atoms with Gasteiger partial charge in [-0.05, 0) is 12.0 Å². The van der Waals surface area contributed by atoms with Crippen molar-refractivity contribution in [1.82, 2.24) is 20.5 Å². The number of carboxylic acid groups (broad SMARTS) is 1. The number of nitrogen functional groups attached to an aromatic ring is 1. The predicted molar refractivity (Wildman–Crippen MR) is 139 cm³/mol. The molecule has 41 heavy (non-hydrogen) atoms. The molecule has 0 aliphatic carbocycles. The molecule has 17 heteroatoms. The number of thiazole rings is 1. The number of carbonyl (C=O) groups is 4. The number of carbonyl (C=O) groups excluding carboxylic acids is 3. The molecule has 0 saturated carbocycles. The van der Waals surface area contributed by atoms with Crippen molar-refractivity contribution >= 4 is 51.6 Å². The minimum Gasteiger partial charge on any atom is -0.489 e. The van der Waals surface area contributed by atoms with Crippen molar-refractivity contribution in [2.45, 2.75) is 24.9 Å². The van der Waals surface area contributed by atoms with Gasteiger partial charge in [0.05, 0.1) is 4.92 Å². The SMILES string of the molecule is Nc1nc(/C(=N/O)C(=O)N[C@@H]2C(=O)N3C(C(=O)O)=C(/C(Cc4ccc([N+](=O)[O-])cc4)=C4\CCNC4=O)OC[C@H]23)cs1. The van der Waals surface area contributed by atoms with E-state index in [9.17, 15) is 39.6 Å². The number of benzene rings is 1. The largest absolute Gasteiger partial charge is 0.489 e. The molecule has 16 nitrogen and oxygen atoms in total. The van der Waals surface area contributed by atoms with Gasteiger partial charge in [0.15, 0.2) is 22.3 Å². The molecule has 2 aromatic rings. The second-order valence-corrected chi connectivity index (χ2v) is 9.99. The number of nitrogens with zero attached hydrogens (tertiary/aromatic N) is 4. The summed E-state index contributed by atoms with van der Waals surface area (Å²) in [4.78, 5) is 66.3. The van der Waals surface area contributed by atoms with Crippen LogP contribution in [0.4, 0.5) is 10.8 Å². The van der Waals surface area contributed by atoms with Gasteiger partial charge >= 0.3 is 5.97 Å². The summed E-state index contributed by atoms with van der Waals surface area (Å²) >= 11 is 1.01. The molecule has 3 aliphatic heterocycles. The van der Waals surface area contributed by atoms with Gasteiger partial charge in [-0.2, -0.15) is 0 Å². The molecule has 6 N–H and O–H groups in total. The average molecular weight is 584 g/mol. The minimum absolute atomic E-state index is 0.00712. The number of amides is 3. The first-order valence-corrected chi connectivity index (χ1v) is 12.9. The van der Waals surface area contributed by atoms with Crippen LogP contribution < -0.4 is 16.4 Å². The Morgan fingerprint density at radius 2 is 2.05 bits per heavy atom. The van der Waals surface area contributed by atoms with Crippen LogP contribution in [0.5, 0.6) is 0 Å². The third-order valence-corrected chi connectivity index (χ3v) is 7.42. The number of nitrogens with two attached hydrogens (primary N) is 1. The van der Waals surface area contributed by atoms with Crippen LogP contribution in [-0.2, 0) is 30.3 Å². The molecule has 212 valence electrons. The highest BCUT2D eigenvalue weighted by Gasteiger charge is 2.55. The van der Waals surface area contributed by atoms with E-state index in [-0.39, 0.29) is 52.9 Å². The number of rotatable bonds is 8. The Balaban J connectivity index is 1.45. The van der Waals surface area contributed by atoms with Crippen LogP contribution in [0.2, 0.25) is 0 Å². The van der Waals surface area contributed by atoms with E-state index in [2.05, 4.69) is 20.8 Å². The van der Waals surface area contributed by atoms with Crippen LogP contribution in [0.15, 0.2) is 57.4 Å². The number of β-lactam (4-membered cyclic amide) rings is 1. The molecule has 3 aliphatic rings. The van der Waals surface area contributed by atoms with E-state index in [1.165, 1.54) is 29.6 Å². The Morgan fingerprint density at radius 1 is 1.32 bits per heavy atom. The van der Waals surface area contributed by atoms with Gasteiger partial charge in [0.1, 0.15) is 24.4 Å². The lowest BCUT2D eigenvalue weighted by molar-refractivity contribution is -0.384. The van der Waals surface area contributed by atoms with Gasteiger partial charge in [-0.25, -0.2) is 9.78 Å². The Morgan fingerprint density at radius 3 is 2.61 bits per heavy atom. The molecule has 2 fully saturated rings. The molecule has 4 heterocycles. The van der Waals surface area contributed by atoms with Crippen LogP contribution in [0.25, 0.3) is 0 Å². The Hall–Kier alpha value is -5.32. The number of hydrogen-bond acceptors (Lipinski definition) is 12. The molecule has 0 unspecified atom stereocenters. The quantitative estimate of drug-likeness (QED) is 0.0686. The number of aromatic nitrogens is 1. The number of nitro benzene ring substituents is 1. The van der Waals surface area contributed by atoms with E-state index >= 15 is 0 Å². The number of fused-ring (bicyclic) bond motifs is 1. The molecular weight excluding hydrogens is 562 g/mol. The summed E-state index contributed by atoms with van der Waals surface area (Å²) in [6.07, 6.45) is 0.258. The van der Waals surface area contributed by atoms with Crippen LogP contribution >= 0.6 is 11.3 Å². The number of oxime groups is 1. The number of non-ortho nitro benzene ring substituents is 1. The fourth-order valence-electron chi connectivity index (χ4n) is 4.82. The van der Waals surface area contributed by atoms with Crippen molar-refractivity contribution in [3.63, 3.8) is 0 Å². The summed E-state index contributed by atoms with van der Waals surface area (Å²) in [5, 5.41) is 40.0. The van der Waals surface area contributed by atoms with Crippen molar-refractivity contribution in [3.8, 4) is 0 Å². The molecule has 5 rings (SSSR count). The van der Waals surface area contributed by atoms with Crippen molar-refractivity contribution < 1.29 is 39.2 Å². The first kappa shape index (κ1) is 27.3. The molecule has 3 amide bonds. The maximum absolute atomic E-state index is 13.2. The number of allylic oxidation sites excluding steroid dienone is 1. The van der Waals surface area contributed by atoms with Gasteiger partial charge in [0.25, 0.3) is 17.5 Å². The normalized spacial score (nSPS) is 21.5. The van der Waals surface area contributed by atoms with Crippen molar-refractivity contribution in [3.05, 3.63) is 73.6 Å². The van der Waals surface area contributed by atoms with Gasteiger partial charge in [-0.1, -0.05) is 17.3 Å². The standard InChI is InChI=1S/C24H21N7O9S/c25-24-27-14(9-41-24)16(29-37)21(33)28-17-15-8-40-19(18(23(35)36)30(15)22(17)34)13(12-5-6-26-20(12)32)7-10-1-3-11(4-2-10)31(38)39/h1-4,9,15,17,37H,5-8H2,(H2,25,27)(H,26,32)(H,28,33)(H,35,36)/b13-12+,29-16-/t15-,17+/m1/s1. The number of carboxylic acids is 1. The Labute approximate surface area is 233 Å². The lowest BCUT2D eigenvalue weighted by Gasteiger charge is -2.49. The fraction of sp³-hybridized carbons (Fsp3) is 0.250. The van der Waals surface area contributed by atoms with E-state index in [1.807, 2.05) is 0 Å². The predicted octanol–water partition coefficient (Wildman–Crippen LogP) is -0.107. The van der Waals surface area contributed by atoms with E-state index in [4.69, 9.17) is 10.5 Å². The summed E-state index contributed by atoms with van der Waals surface area (Å²) in [5.74, 6) is -3.81. The van der Waals surface area contributed by atoms with Crippen molar-refractivity contribution in [2.24, 2.45) is 5.16 Å². The van der Waals surface area contributed by atoms with E-state index in [0.29, 0.717) is 12.1 Å². The average Bonchev–Trinajstić information content (AvgIpc) is 3.57. The zero-order valence-corrected chi connectivity index (χ0v) is 21.7. The number of hydrogen-bond donors (Lipinski definition) is 5. The lowest BCUT2D eigenvalue weighted by atomic mass is 9.89. The number of aliphatic carboxylic acids is 1. The smallest absolute Gasteiger partial charge is 0.356 e. The van der Waals surface area contributed by atoms with Crippen molar-refractivity contribution in [1.29, 1.82) is 0 Å². The van der Waals surface area contributed by atoms with E-state index in [1.54, 1.807) is 0 Å². The maximum atomic E-state index is 13.2. The molecule has 2 saturated heterocycles. The van der Waals surface area contributed by atoms with Crippen LogP contribution in [0, 0.1) is 10.1 Å². The monoisotopic (exact) mass is 583 g/mol. The summed E-state index contributed by atoms with van der Waals surface area (Å²) in [5.41, 5.74) is 5.44. The number of nitrogens with one attached hydrogen (secondary N) is 2. The third kappa shape index (κ3) is 4.93. The molecule has 1 aromatic carbocycles. The fourth-order valence-corrected chi connectivity index (χ4v) is 5.37. The number of anilines is 1. The molecule has 0 bridgehead atoms. The molecule has 1 aromatic heterocycles. The highest BCUT2D eigenvalue weighted by Crippen LogP contribution is 2.38. The van der Waals surface area contributed by atoms with Gasteiger partial charge in [-0.15, -0.1) is 11.3 Å². The Bertz CT molecular complexity index is 1580. The summed E-state index contributed by atoms with van der Waals surface area (Å²) in [7, 11) is 0. The second-order valence-electron chi connectivity index (χ2n) is 9.10. The highest BCUT2D eigenvalue weighted by atomic mass is 32.1. The third-order valence-electron chi connectivity index (χ3n) is 6.74. The van der Waals surface area contributed by atoms with Gasteiger partial charge < -0.3 is 31.4 Å². The van der Waals surface area contributed by atoms with Gasteiger partial charge in [0, 0.05) is 41.6 Å². The zero-order chi connectivity index (χ0) is 29.4. The van der Waals surface area contributed by atoms with E-state index < -0.39 is 52.1 Å². The number of ether oxygens (including phenoxy) is 1. The van der Waals surface area contributed by atoms with Gasteiger partial charge in [0.2, 0.25) is 5.91 Å². The van der Waals surface area contributed by atoms with Crippen LogP contribution in [0.3, 0.4) is 0 Å².